The fourth-order valence-electron chi connectivity index (χ4n) is 2.76. The highest BCUT2D eigenvalue weighted by Gasteiger charge is 2.23. The van der Waals surface area contributed by atoms with Gasteiger partial charge in [0.2, 0.25) is 0 Å². The van der Waals surface area contributed by atoms with Crippen LogP contribution in [0, 0.1) is 0 Å². The summed E-state index contributed by atoms with van der Waals surface area (Å²) in [6.45, 7) is 4.34. The van der Waals surface area contributed by atoms with Crippen molar-refractivity contribution in [3.05, 3.63) is 42.5 Å². The Bertz CT molecular complexity index is 550. The van der Waals surface area contributed by atoms with Crippen LogP contribution in [0.1, 0.15) is 46.0 Å². The van der Waals surface area contributed by atoms with Gasteiger partial charge in [-0.1, -0.05) is 75.6 Å². The molecule has 0 saturated heterocycles. The van der Waals surface area contributed by atoms with Gasteiger partial charge in [-0.05, 0) is 29.1 Å². The Morgan fingerprint density at radius 1 is 1.00 bits per heavy atom. The molecule has 0 radical (unpaired) electrons. The summed E-state index contributed by atoms with van der Waals surface area (Å²) in [5.74, 6) is 0. The summed E-state index contributed by atoms with van der Waals surface area (Å²) in [4.78, 5) is 0. The van der Waals surface area contributed by atoms with E-state index in [4.69, 9.17) is 4.65 Å². The minimum absolute atomic E-state index is 0.143. The predicted molar refractivity (Wildman–Crippen MR) is 90.9 cm³/mol. The van der Waals surface area contributed by atoms with Crippen molar-refractivity contribution >= 4 is 23.4 Å². The number of hydrogen-bond donors (Lipinski definition) is 1. The van der Waals surface area contributed by atoms with Crippen LogP contribution in [0.3, 0.4) is 0 Å². The molecule has 0 saturated carbocycles. The van der Waals surface area contributed by atoms with Gasteiger partial charge < -0.3 is 9.68 Å². The number of rotatable bonds is 8. The second-order valence-electron chi connectivity index (χ2n) is 5.61. The standard InChI is InChI=1S/C18H25BO2/c1-3-5-12-16(9-4-2)21-19(20)18-14-8-11-15-10-6-7-13-17(15)18/h6-8,10-11,13-14,16,20H,3-5,9,12H2,1-2H3. The Morgan fingerprint density at radius 3 is 2.52 bits per heavy atom. The van der Waals surface area contributed by atoms with Crippen molar-refractivity contribution in [2.24, 2.45) is 0 Å². The molecule has 2 nitrogen and oxygen atoms in total. The SMILES string of the molecule is CCCCC(CCC)OB(O)c1cccc2ccccc12. The van der Waals surface area contributed by atoms with Gasteiger partial charge in [0.25, 0.3) is 0 Å². The van der Waals surface area contributed by atoms with Gasteiger partial charge in [0.1, 0.15) is 0 Å². The molecular formula is C18H25BO2. The van der Waals surface area contributed by atoms with Crippen molar-refractivity contribution < 1.29 is 9.68 Å². The predicted octanol–water partition coefficient (Wildman–Crippen LogP) is 3.90. The van der Waals surface area contributed by atoms with E-state index >= 15 is 0 Å². The number of unbranched alkanes of at least 4 members (excludes halogenated alkanes) is 1. The molecule has 0 aliphatic heterocycles. The van der Waals surface area contributed by atoms with Crippen LogP contribution in [0.2, 0.25) is 0 Å². The largest absolute Gasteiger partial charge is 0.491 e. The first kappa shape index (κ1) is 16.1. The van der Waals surface area contributed by atoms with Gasteiger partial charge in [0.15, 0.2) is 0 Å². The van der Waals surface area contributed by atoms with E-state index in [1.807, 2.05) is 30.3 Å². The third-order valence-electron chi connectivity index (χ3n) is 3.90. The molecule has 1 atom stereocenters. The van der Waals surface area contributed by atoms with Crippen LogP contribution in [0.25, 0.3) is 10.8 Å². The van der Waals surface area contributed by atoms with Gasteiger partial charge >= 0.3 is 7.12 Å². The molecule has 0 amide bonds. The highest BCUT2D eigenvalue weighted by molar-refractivity contribution is 6.63. The first-order chi connectivity index (χ1) is 10.3. The maximum atomic E-state index is 10.5. The van der Waals surface area contributed by atoms with Crippen LogP contribution >= 0.6 is 0 Å². The zero-order valence-corrected chi connectivity index (χ0v) is 13.1. The molecule has 112 valence electrons. The van der Waals surface area contributed by atoms with E-state index in [1.165, 1.54) is 0 Å². The van der Waals surface area contributed by atoms with E-state index in [2.05, 4.69) is 26.0 Å². The molecule has 0 spiro atoms. The Hall–Kier alpha value is -1.32. The van der Waals surface area contributed by atoms with Gasteiger partial charge in [-0.15, -0.1) is 0 Å². The normalized spacial score (nSPS) is 12.5. The lowest BCUT2D eigenvalue weighted by atomic mass is 9.76. The monoisotopic (exact) mass is 284 g/mol. The lowest BCUT2D eigenvalue weighted by Crippen LogP contribution is -2.38. The molecule has 0 aliphatic carbocycles. The van der Waals surface area contributed by atoms with E-state index in [0.29, 0.717) is 0 Å². The second-order valence-corrected chi connectivity index (χ2v) is 5.61. The topological polar surface area (TPSA) is 29.5 Å². The summed E-state index contributed by atoms with van der Waals surface area (Å²) >= 11 is 0. The fraction of sp³-hybridized carbons (Fsp3) is 0.444. The van der Waals surface area contributed by atoms with Crippen LogP contribution in [-0.2, 0) is 4.65 Å². The first-order valence-corrected chi connectivity index (χ1v) is 8.07. The molecule has 2 aromatic rings. The van der Waals surface area contributed by atoms with Crippen molar-refractivity contribution in [3.63, 3.8) is 0 Å². The lowest BCUT2D eigenvalue weighted by molar-refractivity contribution is 0.151. The van der Waals surface area contributed by atoms with Crippen LogP contribution in [0.4, 0.5) is 0 Å². The number of benzene rings is 2. The molecule has 0 bridgehead atoms. The third-order valence-corrected chi connectivity index (χ3v) is 3.90. The van der Waals surface area contributed by atoms with Crippen molar-refractivity contribution in [2.45, 2.75) is 52.1 Å². The minimum Gasteiger partial charge on any atom is -0.423 e. The smallest absolute Gasteiger partial charge is 0.423 e. The molecule has 0 aliphatic rings. The Balaban J connectivity index is 2.15. The minimum atomic E-state index is -0.843. The molecule has 3 heteroatoms. The molecular weight excluding hydrogens is 259 g/mol. The zero-order valence-electron chi connectivity index (χ0n) is 13.1. The molecule has 0 fully saturated rings. The van der Waals surface area contributed by atoms with Crippen LogP contribution < -0.4 is 5.46 Å². The first-order valence-electron chi connectivity index (χ1n) is 8.07. The van der Waals surface area contributed by atoms with Crippen molar-refractivity contribution in [1.29, 1.82) is 0 Å². The Kier molecular flexibility index (Phi) is 6.28. The van der Waals surface area contributed by atoms with Gasteiger partial charge in [-0.2, -0.15) is 0 Å². The van der Waals surface area contributed by atoms with Gasteiger partial charge in [-0.25, -0.2) is 0 Å². The zero-order chi connectivity index (χ0) is 15.1. The molecule has 1 unspecified atom stereocenters. The molecule has 2 rings (SSSR count). The van der Waals surface area contributed by atoms with E-state index in [1.54, 1.807) is 0 Å². The molecule has 0 heterocycles. The summed E-state index contributed by atoms with van der Waals surface area (Å²) in [5.41, 5.74) is 0.866. The summed E-state index contributed by atoms with van der Waals surface area (Å²) in [6, 6.07) is 14.1. The van der Waals surface area contributed by atoms with Gasteiger partial charge in [0, 0.05) is 6.10 Å². The molecule has 1 N–H and O–H groups in total. The van der Waals surface area contributed by atoms with Crippen LogP contribution in [-0.4, -0.2) is 18.2 Å². The Morgan fingerprint density at radius 2 is 1.76 bits per heavy atom. The summed E-state index contributed by atoms with van der Waals surface area (Å²) in [7, 11) is -0.843. The highest BCUT2D eigenvalue weighted by Crippen LogP contribution is 2.15. The maximum absolute atomic E-state index is 10.5. The van der Waals surface area contributed by atoms with Crippen molar-refractivity contribution in [3.8, 4) is 0 Å². The van der Waals surface area contributed by atoms with E-state index in [9.17, 15) is 5.02 Å². The van der Waals surface area contributed by atoms with E-state index < -0.39 is 7.12 Å². The highest BCUT2D eigenvalue weighted by atomic mass is 16.5. The van der Waals surface area contributed by atoms with Gasteiger partial charge in [-0.3, -0.25) is 0 Å². The average Bonchev–Trinajstić information content (AvgIpc) is 2.52. The number of hydrogen-bond acceptors (Lipinski definition) is 2. The third kappa shape index (κ3) is 4.32. The Labute approximate surface area is 128 Å². The molecule has 0 aromatic heterocycles. The summed E-state index contributed by atoms with van der Waals surface area (Å²) in [5, 5.41) is 12.7. The van der Waals surface area contributed by atoms with E-state index in [0.717, 1.165) is 48.3 Å². The average molecular weight is 284 g/mol. The number of fused-ring (bicyclic) bond motifs is 1. The van der Waals surface area contributed by atoms with Crippen molar-refractivity contribution in [2.75, 3.05) is 0 Å². The van der Waals surface area contributed by atoms with Gasteiger partial charge in [0.05, 0.1) is 0 Å². The molecule has 21 heavy (non-hydrogen) atoms. The lowest BCUT2D eigenvalue weighted by Gasteiger charge is -2.20. The second kappa shape index (κ2) is 8.21. The molecule has 2 aromatic carbocycles. The van der Waals surface area contributed by atoms with E-state index in [-0.39, 0.29) is 6.10 Å². The summed E-state index contributed by atoms with van der Waals surface area (Å²) in [6.07, 6.45) is 5.55. The quantitative estimate of drug-likeness (QED) is 0.745. The summed E-state index contributed by atoms with van der Waals surface area (Å²) < 4.78 is 5.94. The van der Waals surface area contributed by atoms with Crippen LogP contribution in [0.5, 0.6) is 0 Å². The van der Waals surface area contributed by atoms with Crippen molar-refractivity contribution in [1.82, 2.24) is 0 Å². The maximum Gasteiger partial charge on any atom is 0.491 e. The fourth-order valence-corrected chi connectivity index (χ4v) is 2.76. The van der Waals surface area contributed by atoms with Crippen LogP contribution in [0.15, 0.2) is 42.5 Å².